The number of anilines is 2. The molecule has 2 heteroatoms. The Morgan fingerprint density at radius 2 is 1.95 bits per heavy atom. The Balaban J connectivity index is 1.63. The third kappa shape index (κ3) is 2.45. The van der Waals surface area contributed by atoms with E-state index >= 15 is 0 Å². The molecule has 1 aromatic carbocycles. The van der Waals surface area contributed by atoms with E-state index in [9.17, 15) is 0 Å². The van der Waals surface area contributed by atoms with Crippen LogP contribution in [0.15, 0.2) is 36.4 Å². The molecule has 3 aliphatic rings. The monoisotopic (exact) mass is 294 g/mol. The summed E-state index contributed by atoms with van der Waals surface area (Å²) in [5.74, 6) is 0. The highest BCUT2D eigenvalue weighted by Gasteiger charge is 2.32. The first kappa shape index (κ1) is 13.9. The lowest BCUT2D eigenvalue weighted by Gasteiger charge is -2.35. The van der Waals surface area contributed by atoms with E-state index in [1.807, 2.05) is 0 Å². The van der Waals surface area contributed by atoms with Crippen molar-refractivity contribution in [1.82, 2.24) is 0 Å². The smallest absolute Gasteiger partial charge is 0.0965 e. The second kappa shape index (κ2) is 5.83. The number of hydrogen-bond donors (Lipinski definition) is 1. The molecular weight excluding hydrogens is 268 g/mol. The fourth-order valence-corrected chi connectivity index (χ4v) is 4.26. The van der Waals surface area contributed by atoms with Crippen molar-refractivity contribution < 1.29 is 0 Å². The molecule has 1 N–H and O–H groups in total. The van der Waals surface area contributed by atoms with E-state index in [-0.39, 0.29) is 0 Å². The van der Waals surface area contributed by atoms with E-state index < -0.39 is 0 Å². The molecule has 0 amide bonds. The van der Waals surface area contributed by atoms with E-state index in [4.69, 9.17) is 0 Å². The average molecular weight is 294 g/mol. The highest BCUT2D eigenvalue weighted by molar-refractivity contribution is 5.84. The Labute approximate surface area is 133 Å². The van der Waals surface area contributed by atoms with Crippen LogP contribution in [-0.4, -0.2) is 12.2 Å². The number of rotatable bonds is 2. The van der Waals surface area contributed by atoms with Crippen LogP contribution in [0, 0.1) is 0 Å². The largest absolute Gasteiger partial charge is 0.364 e. The number of allylic oxidation sites excluding steroid dienone is 4. The predicted molar refractivity (Wildman–Crippen MR) is 95.2 cm³/mol. The summed E-state index contributed by atoms with van der Waals surface area (Å²) < 4.78 is 0. The topological polar surface area (TPSA) is 15.3 Å². The lowest BCUT2D eigenvalue weighted by molar-refractivity contribution is 0.406. The fraction of sp³-hybridized carbons (Fsp3) is 0.500. The molecule has 1 atom stereocenters. The maximum absolute atomic E-state index is 3.70. The van der Waals surface area contributed by atoms with Crippen LogP contribution in [0.2, 0.25) is 0 Å². The second-order valence-electron chi connectivity index (χ2n) is 6.89. The van der Waals surface area contributed by atoms with Crippen LogP contribution < -0.4 is 10.2 Å². The Hall–Kier alpha value is -1.70. The second-order valence-corrected chi connectivity index (χ2v) is 6.89. The first-order valence-corrected chi connectivity index (χ1v) is 8.89. The van der Waals surface area contributed by atoms with Gasteiger partial charge in [-0.3, -0.25) is 0 Å². The SMILES string of the molecule is CC1Nc2cc(C3=CCCC=C3)ccc2N1C1CCCCC1. The molecule has 0 bridgehead atoms. The molecular formula is C20H26N2. The van der Waals surface area contributed by atoms with E-state index in [2.05, 4.69) is 53.6 Å². The third-order valence-electron chi connectivity index (χ3n) is 5.35. The van der Waals surface area contributed by atoms with Crippen LogP contribution in [0.25, 0.3) is 5.57 Å². The van der Waals surface area contributed by atoms with E-state index in [0.29, 0.717) is 6.17 Å². The molecule has 22 heavy (non-hydrogen) atoms. The van der Waals surface area contributed by atoms with Gasteiger partial charge in [-0.2, -0.15) is 0 Å². The lowest BCUT2D eigenvalue weighted by Crippen LogP contribution is -2.42. The Kier molecular flexibility index (Phi) is 3.69. The van der Waals surface area contributed by atoms with Crippen LogP contribution in [0.5, 0.6) is 0 Å². The summed E-state index contributed by atoms with van der Waals surface area (Å²) in [6, 6.07) is 7.70. The predicted octanol–water partition coefficient (Wildman–Crippen LogP) is 5.33. The quantitative estimate of drug-likeness (QED) is 0.793. The summed E-state index contributed by atoms with van der Waals surface area (Å²) in [7, 11) is 0. The van der Waals surface area contributed by atoms with Gasteiger partial charge in [0.15, 0.2) is 0 Å². The van der Waals surface area contributed by atoms with Gasteiger partial charge in [-0.25, -0.2) is 0 Å². The van der Waals surface area contributed by atoms with Crippen molar-refractivity contribution in [3.63, 3.8) is 0 Å². The molecule has 2 aliphatic carbocycles. The van der Waals surface area contributed by atoms with E-state index in [0.717, 1.165) is 6.04 Å². The van der Waals surface area contributed by atoms with Gasteiger partial charge in [-0.05, 0) is 55.9 Å². The van der Waals surface area contributed by atoms with Gasteiger partial charge in [0.2, 0.25) is 0 Å². The number of nitrogens with zero attached hydrogens (tertiary/aromatic N) is 1. The van der Waals surface area contributed by atoms with Crippen molar-refractivity contribution in [1.29, 1.82) is 0 Å². The van der Waals surface area contributed by atoms with Crippen LogP contribution in [-0.2, 0) is 0 Å². The minimum atomic E-state index is 0.421. The van der Waals surface area contributed by atoms with Gasteiger partial charge in [0.1, 0.15) is 0 Å². The summed E-state index contributed by atoms with van der Waals surface area (Å²) in [4.78, 5) is 2.63. The van der Waals surface area contributed by atoms with Gasteiger partial charge in [0.25, 0.3) is 0 Å². The van der Waals surface area contributed by atoms with Crippen molar-refractivity contribution >= 4 is 16.9 Å². The van der Waals surface area contributed by atoms with Crippen LogP contribution >= 0.6 is 0 Å². The Morgan fingerprint density at radius 1 is 1.09 bits per heavy atom. The highest BCUT2D eigenvalue weighted by Crippen LogP contribution is 2.40. The van der Waals surface area contributed by atoms with Crippen molar-refractivity contribution in [2.45, 2.75) is 64.1 Å². The normalized spacial score (nSPS) is 24.9. The minimum Gasteiger partial charge on any atom is -0.364 e. The van der Waals surface area contributed by atoms with E-state index in [1.54, 1.807) is 0 Å². The van der Waals surface area contributed by atoms with Crippen molar-refractivity contribution in [3.05, 3.63) is 42.0 Å². The molecule has 4 rings (SSSR count). The Bertz CT molecular complexity index is 608. The lowest BCUT2D eigenvalue weighted by atomic mass is 9.93. The molecule has 0 spiro atoms. The van der Waals surface area contributed by atoms with Gasteiger partial charge in [-0.15, -0.1) is 0 Å². The molecule has 116 valence electrons. The maximum atomic E-state index is 3.70. The molecule has 1 saturated carbocycles. The van der Waals surface area contributed by atoms with E-state index in [1.165, 1.54) is 67.5 Å². The molecule has 1 unspecified atom stereocenters. The van der Waals surface area contributed by atoms with Gasteiger partial charge in [0.05, 0.1) is 17.5 Å². The molecule has 1 aliphatic heterocycles. The van der Waals surface area contributed by atoms with Gasteiger partial charge in [0, 0.05) is 6.04 Å². The Morgan fingerprint density at radius 3 is 2.73 bits per heavy atom. The third-order valence-corrected chi connectivity index (χ3v) is 5.35. The summed E-state index contributed by atoms with van der Waals surface area (Å²) in [6.45, 7) is 2.30. The standard InChI is InChI=1S/C20H26N2/c1-15-21-19-14-17(16-8-4-2-5-9-16)12-13-20(19)22(15)18-10-6-3-7-11-18/h4,8-9,12-15,18,21H,2-3,5-7,10-11H2,1H3. The molecule has 1 heterocycles. The summed E-state index contributed by atoms with van der Waals surface area (Å²) in [5, 5.41) is 3.70. The number of fused-ring (bicyclic) bond motifs is 1. The molecule has 0 saturated heterocycles. The van der Waals surface area contributed by atoms with Crippen molar-refractivity contribution in [2.24, 2.45) is 0 Å². The number of nitrogens with one attached hydrogen (secondary N) is 1. The summed E-state index contributed by atoms with van der Waals surface area (Å²) in [6.07, 6.45) is 16.6. The first-order valence-electron chi connectivity index (χ1n) is 8.89. The van der Waals surface area contributed by atoms with Crippen LogP contribution in [0.3, 0.4) is 0 Å². The maximum Gasteiger partial charge on any atom is 0.0965 e. The van der Waals surface area contributed by atoms with Gasteiger partial charge < -0.3 is 10.2 Å². The molecule has 0 radical (unpaired) electrons. The fourth-order valence-electron chi connectivity index (χ4n) is 4.26. The zero-order valence-electron chi connectivity index (χ0n) is 13.5. The van der Waals surface area contributed by atoms with Crippen LogP contribution in [0.1, 0.15) is 57.4 Å². The summed E-state index contributed by atoms with van der Waals surface area (Å²) >= 11 is 0. The summed E-state index contributed by atoms with van der Waals surface area (Å²) in [5.41, 5.74) is 5.44. The van der Waals surface area contributed by atoms with Crippen molar-refractivity contribution in [2.75, 3.05) is 10.2 Å². The van der Waals surface area contributed by atoms with Gasteiger partial charge >= 0.3 is 0 Å². The molecule has 1 fully saturated rings. The highest BCUT2D eigenvalue weighted by atomic mass is 15.3. The minimum absolute atomic E-state index is 0.421. The molecule has 0 aromatic heterocycles. The first-order chi connectivity index (χ1) is 10.8. The molecule has 1 aromatic rings. The number of hydrogen-bond acceptors (Lipinski definition) is 2. The number of benzene rings is 1. The average Bonchev–Trinajstić information content (AvgIpc) is 2.91. The zero-order chi connectivity index (χ0) is 14.9. The van der Waals surface area contributed by atoms with Crippen LogP contribution in [0.4, 0.5) is 11.4 Å². The zero-order valence-corrected chi connectivity index (χ0v) is 13.5. The van der Waals surface area contributed by atoms with Crippen molar-refractivity contribution in [3.8, 4) is 0 Å². The van der Waals surface area contributed by atoms with Gasteiger partial charge in [-0.1, -0.05) is 43.6 Å². The molecule has 2 nitrogen and oxygen atoms in total.